The summed E-state index contributed by atoms with van der Waals surface area (Å²) in [6, 6.07) is 33.2. The fraction of sp³-hybridized carbons (Fsp3) is 0.135. The van der Waals surface area contributed by atoms with Crippen LogP contribution in [-0.4, -0.2) is 0 Å². The van der Waals surface area contributed by atoms with Crippen LogP contribution in [0.25, 0.3) is 31.3 Å². The molecule has 194 valence electrons. The summed E-state index contributed by atoms with van der Waals surface area (Å²) in [4.78, 5) is 2.38. The van der Waals surface area contributed by atoms with Gasteiger partial charge >= 0.3 is 0 Å². The fourth-order valence-electron chi connectivity index (χ4n) is 5.36. The number of nitrogens with zero attached hydrogens (tertiary/aromatic N) is 1. The number of thiophene rings is 1. The molecule has 0 aliphatic heterocycles. The van der Waals surface area contributed by atoms with E-state index in [4.69, 9.17) is 0 Å². The quantitative estimate of drug-likeness (QED) is 0.137. The van der Waals surface area contributed by atoms with E-state index in [9.17, 15) is 0 Å². The smallest absolute Gasteiger partial charge is 0.0540 e. The van der Waals surface area contributed by atoms with E-state index >= 15 is 0 Å². The zero-order chi connectivity index (χ0) is 27.2. The van der Waals surface area contributed by atoms with Crippen molar-refractivity contribution in [3.05, 3.63) is 145 Å². The minimum Gasteiger partial charge on any atom is -0.310 e. The van der Waals surface area contributed by atoms with Gasteiger partial charge in [0.2, 0.25) is 0 Å². The second kappa shape index (κ2) is 12.1. The zero-order valence-electron chi connectivity index (χ0n) is 23.0. The predicted octanol–water partition coefficient (Wildman–Crippen LogP) is 11.6. The Morgan fingerprint density at radius 1 is 0.795 bits per heavy atom. The van der Waals surface area contributed by atoms with Crippen molar-refractivity contribution < 1.29 is 0 Å². The first-order valence-corrected chi connectivity index (χ1v) is 14.4. The molecule has 4 aromatic carbocycles. The molecule has 0 aliphatic carbocycles. The largest absolute Gasteiger partial charge is 0.310 e. The number of fused-ring (bicyclic) bond motifs is 3. The molecule has 2 heteroatoms. The van der Waals surface area contributed by atoms with Gasteiger partial charge in [-0.3, -0.25) is 0 Å². The van der Waals surface area contributed by atoms with Crippen molar-refractivity contribution in [2.24, 2.45) is 0 Å². The van der Waals surface area contributed by atoms with Crippen LogP contribution in [0.1, 0.15) is 38.7 Å². The third-order valence-electron chi connectivity index (χ3n) is 7.16. The molecular weight excluding hydrogens is 490 g/mol. The Morgan fingerprint density at radius 3 is 2.26 bits per heavy atom. The minimum absolute atomic E-state index is 0.338. The van der Waals surface area contributed by atoms with Gasteiger partial charge in [0.05, 0.1) is 5.69 Å². The molecule has 5 rings (SSSR count). The number of allylic oxidation sites excluding steroid dienone is 6. The molecule has 0 radical (unpaired) electrons. The summed E-state index contributed by atoms with van der Waals surface area (Å²) in [5.74, 6) is 0.338. The number of benzene rings is 4. The number of anilines is 2. The van der Waals surface area contributed by atoms with Crippen LogP contribution in [0.15, 0.2) is 140 Å². The highest BCUT2D eigenvalue weighted by atomic mass is 32.1. The third-order valence-corrected chi connectivity index (χ3v) is 8.38. The van der Waals surface area contributed by atoms with Crippen molar-refractivity contribution in [3.63, 3.8) is 0 Å². The van der Waals surface area contributed by atoms with Gasteiger partial charge in [-0.15, -0.1) is 17.9 Å². The Morgan fingerprint density at radius 2 is 1.51 bits per heavy atom. The normalized spacial score (nSPS) is 13.1. The van der Waals surface area contributed by atoms with Gasteiger partial charge in [-0.05, 0) is 63.1 Å². The fourth-order valence-corrected chi connectivity index (χ4v) is 6.59. The molecule has 1 atom stereocenters. The van der Waals surface area contributed by atoms with E-state index in [1.165, 1.54) is 36.9 Å². The second-order valence-electron chi connectivity index (χ2n) is 9.59. The van der Waals surface area contributed by atoms with E-state index in [-0.39, 0.29) is 0 Å². The van der Waals surface area contributed by atoms with Crippen LogP contribution < -0.4 is 4.90 Å². The second-order valence-corrected chi connectivity index (χ2v) is 10.6. The number of rotatable bonds is 9. The summed E-state index contributed by atoms with van der Waals surface area (Å²) >= 11 is 1.88. The van der Waals surface area contributed by atoms with Crippen LogP contribution in [0, 0.1) is 0 Å². The van der Waals surface area contributed by atoms with Gasteiger partial charge in [-0.2, -0.15) is 0 Å². The molecule has 0 bridgehead atoms. The Bertz CT molecular complexity index is 1680. The molecule has 1 unspecified atom stereocenters. The minimum atomic E-state index is 0.338. The van der Waals surface area contributed by atoms with Crippen molar-refractivity contribution in [3.8, 4) is 11.1 Å². The van der Waals surface area contributed by atoms with Crippen molar-refractivity contribution >= 4 is 42.9 Å². The Hall–Kier alpha value is -4.14. The molecule has 0 saturated carbocycles. The van der Waals surface area contributed by atoms with Crippen LogP contribution in [-0.2, 0) is 0 Å². The molecule has 5 aromatic rings. The Kier molecular flexibility index (Phi) is 8.24. The maximum Gasteiger partial charge on any atom is 0.0540 e. The third kappa shape index (κ3) is 5.26. The summed E-state index contributed by atoms with van der Waals surface area (Å²) < 4.78 is 2.65. The lowest BCUT2D eigenvalue weighted by Crippen LogP contribution is -2.16. The van der Waals surface area contributed by atoms with Crippen molar-refractivity contribution in [1.29, 1.82) is 0 Å². The molecule has 0 aliphatic rings. The van der Waals surface area contributed by atoms with E-state index < -0.39 is 0 Å². The SMILES string of the molecule is C=CCC(/C=C\C)c1ccc(N(C(/C=C\C)=C/C)c2ccccc2-c2cccc3c2sc2ccccc23)cc1. The summed E-state index contributed by atoms with van der Waals surface area (Å²) in [5, 5.41) is 2.64. The van der Waals surface area contributed by atoms with E-state index in [0.717, 1.165) is 23.5 Å². The van der Waals surface area contributed by atoms with Crippen LogP contribution in [0.5, 0.6) is 0 Å². The topological polar surface area (TPSA) is 3.24 Å². The van der Waals surface area contributed by atoms with Gasteiger partial charge in [-0.1, -0.05) is 97.1 Å². The van der Waals surface area contributed by atoms with Crippen molar-refractivity contribution in [2.45, 2.75) is 33.1 Å². The average Bonchev–Trinajstić information content (AvgIpc) is 3.36. The molecule has 0 N–H and O–H groups in total. The van der Waals surface area contributed by atoms with Gasteiger partial charge in [0.1, 0.15) is 0 Å². The van der Waals surface area contributed by atoms with E-state index in [2.05, 4.69) is 154 Å². The Balaban J connectivity index is 1.69. The van der Waals surface area contributed by atoms with Crippen LogP contribution in [0.4, 0.5) is 11.4 Å². The molecule has 39 heavy (non-hydrogen) atoms. The summed E-state index contributed by atoms with van der Waals surface area (Å²) in [6.07, 6.45) is 13.8. The molecule has 1 nitrogen and oxygen atoms in total. The lowest BCUT2D eigenvalue weighted by Gasteiger charge is -2.29. The maximum absolute atomic E-state index is 3.97. The van der Waals surface area contributed by atoms with Gasteiger partial charge in [0.25, 0.3) is 0 Å². The first-order valence-electron chi connectivity index (χ1n) is 13.6. The monoisotopic (exact) mass is 525 g/mol. The first-order chi connectivity index (χ1) is 19.2. The van der Waals surface area contributed by atoms with Gasteiger partial charge < -0.3 is 4.90 Å². The van der Waals surface area contributed by atoms with Gasteiger partial charge in [-0.25, -0.2) is 0 Å². The lowest BCUT2D eigenvalue weighted by molar-refractivity contribution is 0.863. The van der Waals surface area contributed by atoms with Gasteiger partial charge in [0, 0.05) is 48.6 Å². The average molecular weight is 526 g/mol. The number of para-hydroxylation sites is 1. The zero-order valence-corrected chi connectivity index (χ0v) is 23.8. The number of hydrogen-bond acceptors (Lipinski definition) is 2. The van der Waals surface area contributed by atoms with Crippen molar-refractivity contribution in [2.75, 3.05) is 4.90 Å². The highest BCUT2D eigenvalue weighted by Gasteiger charge is 2.20. The Labute approximate surface area is 236 Å². The van der Waals surface area contributed by atoms with Crippen LogP contribution >= 0.6 is 11.3 Å². The van der Waals surface area contributed by atoms with Crippen molar-refractivity contribution in [1.82, 2.24) is 0 Å². The first kappa shape index (κ1) is 26.5. The highest BCUT2D eigenvalue weighted by Crippen LogP contribution is 2.44. The van der Waals surface area contributed by atoms with Crippen LogP contribution in [0.3, 0.4) is 0 Å². The van der Waals surface area contributed by atoms with E-state index in [1.807, 2.05) is 17.4 Å². The summed E-state index contributed by atoms with van der Waals surface area (Å²) in [5.41, 5.74) is 7.23. The molecular formula is C37H35NS. The standard InChI is InChI=1S/C37H35NS/c1-5-14-27(15-6-2)28-23-25-30(26-24-28)38(29(8-4)16-7-3)35-21-11-9-17-31(35)33-19-13-20-34-32-18-10-12-22-36(32)39-37(33)34/h5-13,15-27H,1,14H2,2-4H3/b15-6-,16-7-,29-8+. The molecule has 0 spiro atoms. The maximum atomic E-state index is 3.97. The summed E-state index contributed by atoms with van der Waals surface area (Å²) in [7, 11) is 0. The van der Waals surface area contributed by atoms with E-state index in [1.54, 1.807) is 0 Å². The predicted molar refractivity (Wildman–Crippen MR) is 174 cm³/mol. The molecule has 0 fully saturated rings. The number of hydrogen-bond donors (Lipinski definition) is 0. The van der Waals surface area contributed by atoms with Crippen LogP contribution in [0.2, 0.25) is 0 Å². The highest BCUT2D eigenvalue weighted by molar-refractivity contribution is 7.26. The van der Waals surface area contributed by atoms with E-state index in [0.29, 0.717) is 5.92 Å². The summed E-state index contributed by atoms with van der Waals surface area (Å²) in [6.45, 7) is 10.2. The molecule has 0 amide bonds. The lowest BCUT2D eigenvalue weighted by atomic mass is 9.94. The molecule has 1 heterocycles. The molecule has 0 saturated heterocycles. The van der Waals surface area contributed by atoms with Gasteiger partial charge in [0.15, 0.2) is 0 Å². The molecule has 1 aromatic heterocycles.